The average Bonchev–Trinajstić information content (AvgIpc) is 2.92. The lowest BCUT2D eigenvalue weighted by Crippen LogP contribution is -2.38. The molecule has 2 aromatic heterocycles. The maximum absolute atomic E-state index is 13.7. The molecule has 1 aliphatic heterocycles. The molecule has 0 aliphatic carbocycles. The summed E-state index contributed by atoms with van der Waals surface area (Å²) in [5.74, 6) is 0.836. The van der Waals surface area contributed by atoms with Gasteiger partial charge in [-0.2, -0.15) is 26.3 Å². The van der Waals surface area contributed by atoms with Crippen LogP contribution in [0, 0.1) is 0 Å². The minimum Gasteiger partial charge on any atom is -0.340 e. The van der Waals surface area contributed by atoms with Crippen LogP contribution in [0.25, 0.3) is 22.2 Å². The molecule has 0 saturated carbocycles. The van der Waals surface area contributed by atoms with Gasteiger partial charge in [0.2, 0.25) is 0 Å². The molecule has 3 heterocycles. The van der Waals surface area contributed by atoms with Crippen LogP contribution >= 0.6 is 0 Å². The van der Waals surface area contributed by atoms with Gasteiger partial charge in [-0.05, 0) is 81.4 Å². The van der Waals surface area contributed by atoms with E-state index < -0.39 is 23.5 Å². The molecule has 1 unspecified atom stereocenters. The van der Waals surface area contributed by atoms with E-state index in [1.54, 1.807) is 12.1 Å². The number of fused-ring (bicyclic) bond motifs is 1. The molecule has 11 heteroatoms. The standard InChI is InChI=1S/C29H27F6N5/c1-18(40-14-3-2-4-15-40)16-25-38-24-17-19(26-23(29(33,34)35)6-5-13-36-26)7-12-22(24)27(39-25)37-21-10-8-20(9-11-21)28(30,31)32/h5-13,17-18H,2-4,14-16H2,1H3,(H,37,38,39). The molecule has 1 aliphatic rings. The van der Waals surface area contributed by atoms with E-state index in [1.165, 1.54) is 36.9 Å². The van der Waals surface area contributed by atoms with Crippen LogP contribution in [0.5, 0.6) is 0 Å². The zero-order valence-electron chi connectivity index (χ0n) is 21.7. The average molecular weight is 560 g/mol. The van der Waals surface area contributed by atoms with Crippen molar-refractivity contribution in [2.45, 2.75) is 51.0 Å². The van der Waals surface area contributed by atoms with Crippen LogP contribution in [0.3, 0.4) is 0 Å². The van der Waals surface area contributed by atoms with E-state index in [9.17, 15) is 26.3 Å². The Balaban J connectivity index is 1.56. The second-order valence-corrected chi connectivity index (χ2v) is 9.97. The van der Waals surface area contributed by atoms with E-state index in [2.05, 4.69) is 22.1 Å². The number of piperidine rings is 1. The van der Waals surface area contributed by atoms with Gasteiger partial charge in [-0.25, -0.2) is 9.97 Å². The highest BCUT2D eigenvalue weighted by Crippen LogP contribution is 2.37. The number of benzene rings is 2. The molecule has 4 aromatic rings. The largest absolute Gasteiger partial charge is 0.418 e. The smallest absolute Gasteiger partial charge is 0.340 e. The van der Waals surface area contributed by atoms with Gasteiger partial charge in [0.1, 0.15) is 11.6 Å². The van der Waals surface area contributed by atoms with Gasteiger partial charge in [-0.1, -0.05) is 12.5 Å². The van der Waals surface area contributed by atoms with Crippen molar-refractivity contribution in [3.05, 3.63) is 77.7 Å². The van der Waals surface area contributed by atoms with E-state index in [1.807, 2.05) is 0 Å². The molecule has 0 bridgehead atoms. The molecule has 0 radical (unpaired) electrons. The van der Waals surface area contributed by atoms with Gasteiger partial charge in [0, 0.05) is 35.3 Å². The summed E-state index contributed by atoms with van der Waals surface area (Å²) in [7, 11) is 0. The number of anilines is 2. The van der Waals surface area contributed by atoms with Crippen LogP contribution < -0.4 is 5.32 Å². The van der Waals surface area contributed by atoms with Crippen molar-refractivity contribution in [1.29, 1.82) is 0 Å². The molecular formula is C29H27F6N5. The number of aromatic nitrogens is 3. The Morgan fingerprint density at radius 1 is 0.875 bits per heavy atom. The Morgan fingerprint density at radius 3 is 2.27 bits per heavy atom. The zero-order valence-corrected chi connectivity index (χ0v) is 21.7. The van der Waals surface area contributed by atoms with Crippen molar-refractivity contribution >= 4 is 22.4 Å². The van der Waals surface area contributed by atoms with Crippen molar-refractivity contribution in [2.75, 3.05) is 18.4 Å². The third kappa shape index (κ3) is 6.19. The first kappa shape index (κ1) is 27.8. The number of nitrogens with one attached hydrogen (secondary N) is 1. The number of nitrogens with zero attached hydrogens (tertiary/aromatic N) is 4. The van der Waals surface area contributed by atoms with Crippen LogP contribution in [-0.2, 0) is 18.8 Å². The summed E-state index contributed by atoms with van der Waals surface area (Å²) in [6.07, 6.45) is -3.84. The summed E-state index contributed by atoms with van der Waals surface area (Å²) in [6, 6.07) is 11.6. The first-order chi connectivity index (χ1) is 19.0. The van der Waals surface area contributed by atoms with Gasteiger partial charge >= 0.3 is 12.4 Å². The highest BCUT2D eigenvalue weighted by Gasteiger charge is 2.34. The second kappa shape index (κ2) is 11.0. The summed E-state index contributed by atoms with van der Waals surface area (Å²) < 4.78 is 80.2. The van der Waals surface area contributed by atoms with Gasteiger partial charge in [-0.15, -0.1) is 0 Å². The number of likely N-dealkylation sites (tertiary alicyclic amines) is 1. The number of hydrogen-bond acceptors (Lipinski definition) is 5. The molecule has 1 N–H and O–H groups in total. The minimum absolute atomic E-state index is 0.132. The highest BCUT2D eigenvalue weighted by atomic mass is 19.4. The molecule has 2 aromatic carbocycles. The molecule has 0 amide bonds. The molecule has 0 spiro atoms. The fraction of sp³-hybridized carbons (Fsp3) is 0.345. The predicted octanol–water partition coefficient (Wildman–Crippen LogP) is 7.89. The Labute approximate surface area is 227 Å². The van der Waals surface area contributed by atoms with Crippen LogP contribution in [-0.4, -0.2) is 39.0 Å². The van der Waals surface area contributed by atoms with Gasteiger partial charge in [0.05, 0.1) is 22.3 Å². The normalized spacial score (nSPS) is 15.8. The molecular weight excluding hydrogens is 532 g/mol. The Morgan fingerprint density at radius 2 is 1.60 bits per heavy atom. The summed E-state index contributed by atoms with van der Waals surface area (Å²) >= 11 is 0. The maximum Gasteiger partial charge on any atom is 0.418 e. The minimum atomic E-state index is -4.59. The van der Waals surface area contributed by atoms with Crippen LogP contribution in [0.4, 0.5) is 37.8 Å². The highest BCUT2D eigenvalue weighted by molar-refractivity contribution is 5.93. The summed E-state index contributed by atoms with van der Waals surface area (Å²) in [4.78, 5) is 15.8. The molecule has 1 saturated heterocycles. The number of hydrogen-bond donors (Lipinski definition) is 1. The Bertz CT molecular complexity index is 1480. The van der Waals surface area contributed by atoms with Crippen molar-refractivity contribution < 1.29 is 26.3 Å². The molecule has 1 fully saturated rings. The topological polar surface area (TPSA) is 53.9 Å². The van der Waals surface area contributed by atoms with E-state index in [0.29, 0.717) is 34.7 Å². The first-order valence-corrected chi connectivity index (χ1v) is 13.0. The summed E-state index contributed by atoms with van der Waals surface area (Å²) in [5.41, 5.74) is -0.809. The van der Waals surface area contributed by atoms with Crippen molar-refractivity contribution in [3.63, 3.8) is 0 Å². The zero-order chi connectivity index (χ0) is 28.5. The lowest BCUT2D eigenvalue weighted by atomic mass is 10.0. The van der Waals surface area contributed by atoms with Crippen molar-refractivity contribution in [1.82, 2.24) is 19.9 Å². The third-order valence-corrected chi connectivity index (χ3v) is 7.10. The summed E-state index contributed by atoms with van der Waals surface area (Å²) in [6.45, 7) is 4.02. The SMILES string of the molecule is CC(Cc1nc(Nc2ccc(C(F)(F)F)cc2)c2ccc(-c3ncccc3C(F)(F)F)cc2n1)N1CCCCC1. The van der Waals surface area contributed by atoms with Gasteiger partial charge in [0.25, 0.3) is 0 Å². The van der Waals surface area contributed by atoms with Crippen molar-refractivity contribution in [2.24, 2.45) is 0 Å². The maximum atomic E-state index is 13.7. The number of rotatable bonds is 6. The molecule has 1 atom stereocenters. The van der Waals surface area contributed by atoms with Gasteiger partial charge < -0.3 is 10.2 Å². The van der Waals surface area contributed by atoms with Crippen LogP contribution in [0.15, 0.2) is 60.8 Å². The quantitative estimate of drug-likeness (QED) is 0.244. The van der Waals surface area contributed by atoms with Gasteiger partial charge in [0.15, 0.2) is 0 Å². The Hall–Kier alpha value is -3.73. The third-order valence-electron chi connectivity index (χ3n) is 7.10. The van der Waals surface area contributed by atoms with Crippen molar-refractivity contribution in [3.8, 4) is 11.3 Å². The van der Waals surface area contributed by atoms with E-state index in [4.69, 9.17) is 9.97 Å². The molecule has 210 valence electrons. The predicted molar refractivity (Wildman–Crippen MR) is 141 cm³/mol. The molecule has 5 nitrogen and oxygen atoms in total. The van der Waals surface area contributed by atoms with E-state index in [-0.39, 0.29) is 17.3 Å². The number of halogens is 6. The summed E-state index contributed by atoms with van der Waals surface area (Å²) in [5, 5.41) is 3.60. The lowest BCUT2D eigenvalue weighted by Gasteiger charge is -2.32. The fourth-order valence-electron chi connectivity index (χ4n) is 5.01. The second-order valence-electron chi connectivity index (χ2n) is 9.97. The fourth-order valence-corrected chi connectivity index (χ4v) is 5.01. The molecule has 5 rings (SSSR count). The number of alkyl halides is 6. The number of pyridine rings is 1. The first-order valence-electron chi connectivity index (χ1n) is 13.0. The lowest BCUT2D eigenvalue weighted by molar-refractivity contribution is -0.138. The van der Waals surface area contributed by atoms with E-state index in [0.717, 1.165) is 44.1 Å². The van der Waals surface area contributed by atoms with Crippen LogP contribution in [0.1, 0.15) is 43.1 Å². The Kier molecular flexibility index (Phi) is 7.67. The monoisotopic (exact) mass is 559 g/mol. The van der Waals surface area contributed by atoms with E-state index >= 15 is 0 Å². The van der Waals surface area contributed by atoms with Crippen LogP contribution in [0.2, 0.25) is 0 Å². The molecule has 40 heavy (non-hydrogen) atoms. The van der Waals surface area contributed by atoms with Gasteiger partial charge in [-0.3, -0.25) is 4.98 Å².